The molecule has 0 N–H and O–H groups in total. The first kappa shape index (κ1) is 23.2. The highest BCUT2D eigenvalue weighted by atomic mass is 16.6. The van der Waals surface area contributed by atoms with Gasteiger partial charge in [-0.2, -0.15) is 0 Å². The molecule has 0 radical (unpaired) electrons. The van der Waals surface area contributed by atoms with Crippen molar-refractivity contribution in [3.63, 3.8) is 0 Å². The molecule has 0 aliphatic rings. The Morgan fingerprint density at radius 2 is 1.71 bits per heavy atom. The highest BCUT2D eigenvalue weighted by molar-refractivity contribution is 5.95. The number of pyridine rings is 3. The van der Waals surface area contributed by atoms with E-state index in [4.69, 9.17) is 14.5 Å². The van der Waals surface area contributed by atoms with Gasteiger partial charge in [0.15, 0.2) is 0 Å². The first-order chi connectivity index (χ1) is 18.5. The Bertz CT molecular complexity index is 1700. The van der Waals surface area contributed by atoms with Crippen molar-refractivity contribution in [1.29, 1.82) is 0 Å². The van der Waals surface area contributed by atoms with Crippen molar-refractivity contribution >= 4 is 16.9 Å². The molecule has 0 unspecified atom stereocenters. The summed E-state index contributed by atoms with van der Waals surface area (Å²) in [6.45, 7) is 3.79. The Morgan fingerprint density at radius 3 is 2.37 bits per heavy atom. The van der Waals surface area contributed by atoms with E-state index in [0.29, 0.717) is 5.76 Å². The smallest absolute Gasteiger partial charge is 0.361 e. The fourth-order valence-electron chi connectivity index (χ4n) is 4.88. The molecule has 9 heteroatoms. The summed E-state index contributed by atoms with van der Waals surface area (Å²) in [5, 5.41) is 15.3. The molecule has 1 aromatic carbocycles. The maximum atomic E-state index is 11.2. The van der Waals surface area contributed by atoms with Crippen LogP contribution in [-0.4, -0.2) is 29.6 Å². The molecule has 0 spiro atoms. The van der Waals surface area contributed by atoms with Gasteiger partial charge in [-0.25, -0.2) is 0 Å². The Hall–Kier alpha value is -5.18. The predicted molar refractivity (Wildman–Crippen MR) is 143 cm³/mol. The van der Waals surface area contributed by atoms with Gasteiger partial charge in [0.25, 0.3) is 0 Å². The second kappa shape index (κ2) is 9.36. The van der Waals surface area contributed by atoms with Gasteiger partial charge >= 0.3 is 5.82 Å². The molecule has 6 aromatic rings. The number of benzene rings is 1. The number of hydrogen-bond donors (Lipinski definition) is 0. The molecule has 0 aliphatic heterocycles. The van der Waals surface area contributed by atoms with Gasteiger partial charge in [-0.05, 0) is 53.6 Å². The minimum atomic E-state index is -0.506. The lowest BCUT2D eigenvalue weighted by Crippen LogP contribution is -2.13. The van der Waals surface area contributed by atoms with Crippen molar-refractivity contribution in [1.82, 2.24) is 24.7 Å². The van der Waals surface area contributed by atoms with Crippen molar-refractivity contribution in [2.75, 3.05) is 0 Å². The molecule has 5 aromatic heterocycles. The number of nitrogens with zero attached hydrogens (tertiary/aromatic N) is 6. The molecule has 5 heterocycles. The topological polar surface area (TPSA) is 113 Å². The van der Waals surface area contributed by atoms with Crippen LogP contribution in [-0.2, 0) is 0 Å². The summed E-state index contributed by atoms with van der Waals surface area (Å²) in [5.41, 5.74) is 7.64. The van der Waals surface area contributed by atoms with Crippen molar-refractivity contribution in [2.24, 2.45) is 0 Å². The van der Waals surface area contributed by atoms with Gasteiger partial charge < -0.3 is 19.2 Å². The average molecular weight is 503 g/mol. The molecular formula is C29H22N6O3. The van der Waals surface area contributed by atoms with Crippen LogP contribution >= 0.6 is 0 Å². The number of aromatic nitrogens is 5. The third-order valence-corrected chi connectivity index (χ3v) is 6.60. The maximum Gasteiger partial charge on any atom is 0.363 e. The second-order valence-corrected chi connectivity index (χ2v) is 8.97. The summed E-state index contributed by atoms with van der Waals surface area (Å²) in [5.74, 6) is 0.507. The largest absolute Gasteiger partial charge is 0.363 e. The number of aryl methyl sites for hydroxylation is 2. The molecule has 186 valence electrons. The quantitative estimate of drug-likeness (QED) is 0.194. The maximum absolute atomic E-state index is 11.2. The SMILES string of the molecule is Cc1noc(C)c1-c1cnc2c(-c3ccc([N+](=O)[O-])nc3)cn([C@@H](c3ccccc3)c3ccccn3)c2c1. The fraction of sp³-hybridized carbons (Fsp3) is 0.103. The lowest BCUT2D eigenvalue weighted by atomic mass is 10.0. The normalized spacial score (nSPS) is 12.1. The molecule has 1 atom stereocenters. The van der Waals surface area contributed by atoms with Gasteiger partial charge in [-0.1, -0.05) is 41.6 Å². The van der Waals surface area contributed by atoms with Crippen LogP contribution in [0.4, 0.5) is 5.82 Å². The summed E-state index contributed by atoms with van der Waals surface area (Å²) in [4.78, 5) is 24.3. The summed E-state index contributed by atoms with van der Waals surface area (Å²) in [6, 6.07) is 20.9. The molecule has 0 bridgehead atoms. The van der Waals surface area contributed by atoms with E-state index < -0.39 is 4.92 Å². The predicted octanol–water partition coefficient (Wildman–Crippen LogP) is 6.31. The van der Waals surface area contributed by atoms with E-state index in [1.54, 1.807) is 18.5 Å². The van der Waals surface area contributed by atoms with Gasteiger partial charge in [0.2, 0.25) is 0 Å². The van der Waals surface area contributed by atoms with Crippen LogP contribution in [0.3, 0.4) is 0 Å². The molecule has 0 saturated carbocycles. The molecule has 6 rings (SSSR count). The van der Waals surface area contributed by atoms with Crippen LogP contribution in [0.1, 0.15) is 28.8 Å². The monoisotopic (exact) mass is 502 g/mol. The van der Waals surface area contributed by atoms with Crippen molar-refractivity contribution in [3.8, 4) is 22.3 Å². The van der Waals surface area contributed by atoms with E-state index in [9.17, 15) is 10.1 Å². The Labute approximate surface area is 217 Å². The zero-order chi connectivity index (χ0) is 26.2. The molecule has 0 aliphatic carbocycles. The van der Waals surface area contributed by atoms with E-state index in [2.05, 4.69) is 32.9 Å². The highest BCUT2D eigenvalue weighted by Crippen LogP contribution is 2.38. The third kappa shape index (κ3) is 4.00. The number of rotatable bonds is 6. The van der Waals surface area contributed by atoms with Crippen LogP contribution < -0.4 is 0 Å². The van der Waals surface area contributed by atoms with Crippen LogP contribution in [0, 0.1) is 24.0 Å². The number of nitro groups is 1. The molecule has 0 amide bonds. The van der Waals surface area contributed by atoms with E-state index >= 15 is 0 Å². The van der Waals surface area contributed by atoms with Crippen LogP contribution in [0.25, 0.3) is 33.3 Å². The van der Waals surface area contributed by atoms with Gasteiger partial charge in [-0.3, -0.25) is 9.97 Å². The van der Waals surface area contributed by atoms with E-state index in [-0.39, 0.29) is 11.9 Å². The molecule has 0 fully saturated rings. The standard InChI is InChI=1S/C29H22N6O3/c1-18-27(19(2)38-33-18)22-14-25-28(32-16-22)23(21-11-12-26(31-15-21)35(36)37)17-34(25)29(20-8-4-3-5-9-20)24-10-6-7-13-30-24/h3-17,29H,1-2H3/t29-/m0/s1. The summed E-state index contributed by atoms with van der Waals surface area (Å²) >= 11 is 0. The third-order valence-electron chi connectivity index (χ3n) is 6.60. The van der Waals surface area contributed by atoms with Crippen molar-refractivity contribution < 1.29 is 9.45 Å². The molecule has 9 nitrogen and oxygen atoms in total. The van der Waals surface area contributed by atoms with Gasteiger partial charge in [-0.15, -0.1) is 0 Å². The van der Waals surface area contributed by atoms with Crippen LogP contribution in [0.2, 0.25) is 0 Å². The fourth-order valence-corrected chi connectivity index (χ4v) is 4.88. The van der Waals surface area contributed by atoms with Crippen LogP contribution in [0.5, 0.6) is 0 Å². The van der Waals surface area contributed by atoms with E-state index in [1.807, 2.05) is 56.4 Å². The Morgan fingerprint density at radius 1 is 0.921 bits per heavy atom. The van der Waals surface area contributed by atoms with E-state index in [0.717, 1.165) is 50.2 Å². The minimum Gasteiger partial charge on any atom is -0.361 e. The lowest BCUT2D eigenvalue weighted by Gasteiger charge is -2.20. The molecule has 0 saturated heterocycles. The van der Waals surface area contributed by atoms with Crippen molar-refractivity contribution in [2.45, 2.75) is 19.9 Å². The second-order valence-electron chi connectivity index (χ2n) is 8.97. The summed E-state index contributed by atoms with van der Waals surface area (Å²) < 4.78 is 7.58. The lowest BCUT2D eigenvalue weighted by molar-refractivity contribution is -0.389. The number of fused-ring (bicyclic) bond motifs is 1. The molecular weight excluding hydrogens is 480 g/mol. The average Bonchev–Trinajstić information content (AvgIpc) is 3.49. The Kier molecular flexibility index (Phi) is 5.72. The Balaban J connectivity index is 1.63. The van der Waals surface area contributed by atoms with Gasteiger partial charge in [0, 0.05) is 46.9 Å². The van der Waals surface area contributed by atoms with Gasteiger partial charge in [0.1, 0.15) is 18.0 Å². The summed E-state index contributed by atoms with van der Waals surface area (Å²) in [6.07, 6.45) is 7.12. The van der Waals surface area contributed by atoms with Gasteiger partial charge in [0.05, 0.1) is 22.4 Å². The number of hydrogen-bond acceptors (Lipinski definition) is 7. The summed E-state index contributed by atoms with van der Waals surface area (Å²) in [7, 11) is 0. The first-order valence-corrected chi connectivity index (χ1v) is 12.0. The minimum absolute atomic E-state index is 0.207. The zero-order valence-corrected chi connectivity index (χ0v) is 20.6. The molecule has 38 heavy (non-hydrogen) atoms. The van der Waals surface area contributed by atoms with Crippen molar-refractivity contribution in [3.05, 3.63) is 124 Å². The van der Waals surface area contributed by atoms with Crippen LogP contribution in [0.15, 0.2) is 96.0 Å². The highest BCUT2D eigenvalue weighted by Gasteiger charge is 2.24. The zero-order valence-electron chi connectivity index (χ0n) is 20.6. The first-order valence-electron chi connectivity index (χ1n) is 12.0. The van der Waals surface area contributed by atoms with E-state index in [1.165, 1.54) is 12.3 Å².